The van der Waals surface area contributed by atoms with Crippen LogP contribution in [0.25, 0.3) is 0 Å². The molecule has 0 atom stereocenters. The van der Waals surface area contributed by atoms with Crippen molar-refractivity contribution < 1.29 is 0 Å². The van der Waals surface area contributed by atoms with Gasteiger partial charge >= 0.3 is 0 Å². The van der Waals surface area contributed by atoms with Crippen molar-refractivity contribution in [3.05, 3.63) is 24.8 Å². The predicted molar refractivity (Wildman–Crippen MR) is 48.1 cm³/mol. The highest BCUT2D eigenvalue weighted by atomic mass is 14.0. The Morgan fingerprint density at radius 1 is 1.40 bits per heavy atom. The lowest BCUT2D eigenvalue weighted by Crippen LogP contribution is -1.79. The topological polar surface area (TPSA) is 0 Å². The Kier molecular flexibility index (Phi) is 6.25. The van der Waals surface area contributed by atoms with E-state index in [-0.39, 0.29) is 0 Å². The van der Waals surface area contributed by atoms with Gasteiger partial charge < -0.3 is 0 Å². The fraction of sp³-hybridized carbons (Fsp3) is 0.600. The zero-order chi connectivity index (χ0) is 7.82. The molecule has 0 heteroatoms. The molecule has 0 unspecified atom stereocenters. The molecule has 0 radical (unpaired) electrons. The van der Waals surface area contributed by atoms with Gasteiger partial charge in [-0.15, -0.1) is 6.58 Å². The van der Waals surface area contributed by atoms with Gasteiger partial charge in [0, 0.05) is 0 Å². The summed E-state index contributed by atoms with van der Waals surface area (Å²) in [6.45, 7) is 9.78. The number of allylic oxidation sites excluding steroid dienone is 2. The molecule has 0 aromatic carbocycles. The summed E-state index contributed by atoms with van der Waals surface area (Å²) in [6.07, 6.45) is 8.01. The van der Waals surface area contributed by atoms with Gasteiger partial charge in [-0.3, -0.25) is 0 Å². The second-order valence-corrected chi connectivity index (χ2v) is 2.64. The molecule has 0 saturated carbocycles. The highest BCUT2D eigenvalue weighted by molar-refractivity contribution is 4.91. The van der Waals surface area contributed by atoms with Gasteiger partial charge in [-0.1, -0.05) is 25.2 Å². The lowest BCUT2D eigenvalue weighted by atomic mass is 10.1. The highest BCUT2D eigenvalue weighted by Gasteiger charge is 1.89. The van der Waals surface area contributed by atoms with E-state index in [2.05, 4.69) is 20.1 Å². The van der Waals surface area contributed by atoms with Gasteiger partial charge in [0.05, 0.1) is 0 Å². The van der Waals surface area contributed by atoms with Crippen molar-refractivity contribution in [1.29, 1.82) is 0 Å². The van der Waals surface area contributed by atoms with Crippen LogP contribution in [0.4, 0.5) is 0 Å². The lowest BCUT2D eigenvalue weighted by molar-refractivity contribution is 0.730. The maximum Gasteiger partial charge on any atom is -0.0323 e. The number of hydrogen-bond donors (Lipinski definition) is 0. The van der Waals surface area contributed by atoms with E-state index >= 15 is 0 Å². The molecule has 0 aromatic rings. The van der Waals surface area contributed by atoms with Crippen LogP contribution in [0.1, 0.15) is 39.0 Å². The minimum atomic E-state index is 1.13. The predicted octanol–water partition coefficient (Wildman–Crippen LogP) is 3.70. The summed E-state index contributed by atoms with van der Waals surface area (Å²) in [5, 5.41) is 0. The van der Waals surface area contributed by atoms with E-state index < -0.39 is 0 Å². The molecule has 58 valence electrons. The maximum atomic E-state index is 3.94. The van der Waals surface area contributed by atoms with Crippen molar-refractivity contribution in [3.8, 4) is 0 Å². The third-order valence-corrected chi connectivity index (χ3v) is 1.69. The Morgan fingerprint density at radius 2 is 2.10 bits per heavy atom. The second kappa shape index (κ2) is 6.60. The smallest absolute Gasteiger partial charge is 0.0323 e. The van der Waals surface area contributed by atoms with Crippen LogP contribution < -0.4 is 0 Å². The maximum absolute atomic E-state index is 3.94. The van der Waals surface area contributed by atoms with Crippen LogP contribution >= 0.6 is 0 Å². The van der Waals surface area contributed by atoms with Gasteiger partial charge in [0.2, 0.25) is 0 Å². The largest absolute Gasteiger partial charge is 0.103 e. The monoisotopic (exact) mass is 138 g/mol. The van der Waals surface area contributed by atoms with Gasteiger partial charge in [-0.25, -0.2) is 0 Å². The first-order chi connectivity index (χ1) is 4.81. The Morgan fingerprint density at radius 3 is 2.60 bits per heavy atom. The first-order valence-electron chi connectivity index (χ1n) is 4.08. The van der Waals surface area contributed by atoms with Crippen LogP contribution in [0.2, 0.25) is 0 Å². The lowest BCUT2D eigenvalue weighted by Gasteiger charge is -1.99. The van der Waals surface area contributed by atoms with Crippen LogP contribution in [0.15, 0.2) is 24.8 Å². The first kappa shape index (κ1) is 9.48. The summed E-state index contributed by atoms with van der Waals surface area (Å²) in [5.74, 6) is 0. The van der Waals surface area contributed by atoms with Crippen molar-refractivity contribution in [1.82, 2.24) is 0 Å². The Labute approximate surface area is 64.6 Å². The Bertz CT molecular complexity index is 101. The normalized spacial score (nSPS) is 9.30. The van der Waals surface area contributed by atoms with Crippen LogP contribution in [-0.2, 0) is 0 Å². The third-order valence-electron chi connectivity index (χ3n) is 1.69. The molecule has 0 saturated heterocycles. The average Bonchev–Trinajstić information content (AvgIpc) is 1.98. The minimum Gasteiger partial charge on any atom is -0.103 e. The van der Waals surface area contributed by atoms with Crippen molar-refractivity contribution in [2.24, 2.45) is 0 Å². The summed E-state index contributed by atoms with van der Waals surface area (Å²) in [4.78, 5) is 0. The van der Waals surface area contributed by atoms with E-state index in [0.717, 1.165) is 12.8 Å². The Balaban J connectivity index is 3.03. The molecule has 0 amide bonds. The standard InChI is InChI=1S/C10H18/c1-4-6-7-8-9-10(3)5-2/h4H,1,3,5-9H2,2H3. The van der Waals surface area contributed by atoms with Crippen molar-refractivity contribution in [3.63, 3.8) is 0 Å². The van der Waals surface area contributed by atoms with Crippen molar-refractivity contribution in [2.75, 3.05) is 0 Å². The van der Waals surface area contributed by atoms with Crippen LogP contribution in [0, 0.1) is 0 Å². The van der Waals surface area contributed by atoms with E-state index in [1.807, 2.05) is 6.08 Å². The molecule has 0 aliphatic rings. The van der Waals surface area contributed by atoms with Crippen LogP contribution in [0.3, 0.4) is 0 Å². The van der Waals surface area contributed by atoms with E-state index in [9.17, 15) is 0 Å². The first-order valence-corrected chi connectivity index (χ1v) is 4.08. The molecule has 0 bridgehead atoms. The fourth-order valence-electron chi connectivity index (χ4n) is 0.840. The highest BCUT2D eigenvalue weighted by Crippen LogP contribution is 2.09. The van der Waals surface area contributed by atoms with Crippen LogP contribution in [-0.4, -0.2) is 0 Å². The quantitative estimate of drug-likeness (QED) is 0.388. The molecule has 0 fully saturated rings. The molecule has 0 spiro atoms. The zero-order valence-electron chi connectivity index (χ0n) is 7.03. The molecular formula is C10H18. The number of unbranched alkanes of at least 4 members (excludes halogenated alkanes) is 2. The van der Waals surface area contributed by atoms with E-state index in [4.69, 9.17) is 0 Å². The molecule has 0 aliphatic carbocycles. The van der Waals surface area contributed by atoms with Crippen molar-refractivity contribution in [2.45, 2.75) is 39.0 Å². The molecule has 10 heavy (non-hydrogen) atoms. The molecule has 0 rings (SSSR count). The van der Waals surface area contributed by atoms with Gasteiger partial charge in [0.15, 0.2) is 0 Å². The average molecular weight is 138 g/mol. The van der Waals surface area contributed by atoms with Crippen molar-refractivity contribution >= 4 is 0 Å². The summed E-state index contributed by atoms with van der Waals surface area (Å²) < 4.78 is 0. The van der Waals surface area contributed by atoms with E-state index in [1.165, 1.54) is 24.8 Å². The van der Waals surface area contributed by atoms with Crippen LogP contribution in [0.5, 0.6) is 0 Å². The number of rotatable bonds is 6. The fourth-order valence-corrected chi connectivity index (χ4v) is 0.840. The van der Waals surface area contributed by atoms with E-state index in [1.54, 1.807) is 0 Å². The van der Waals surface area contributed by atoms with E-state index in [0.29, 0.717) is 0 Å². The van der Waals surface area contributed by atoms with Gasteiger partial charge in [0.1, 0.15) is 0 Å². The third kappa shape index (κ3) is 5.61. The molecule has 0 aliphatic heterocycles. The second-order valence-electron chi connectivity index (χ2n) is 2.64. The molecule has 0 N–H and O–H groups in total. The SMILES string of the molecule is C=CCCCCC(=C)CC. The Hall–Kier alpha value is -0.520. The van der Waals surface area contributed by atoms with Gasteiger partial charge in [-0.2, -0.15) is 0 Å². The zero-order valence-corrected chi connectivity index (χ0v) is 7.03. The minimum absolute atomic E-state index is 1.13. The number of hydrogen-bond acceptors (Lipinski definition) is 0. The van der Waals surface area contributed by atoms with Gasteiger partial charge in [-0.05, 0) is 32.1 Å². The molecule has 0 nitrogen and oxygen atoms in total. The summed E-state index contributed by atoms with van der Waals surface area (Å²) in [6, 6.07) is 0. The summed E-state index contributed by atoms with van der Waals surface area (Å²) in [7, 11) is 0. The van der Waals surface area contributed by atoms with Gasteiger partial charge in [0.25, 0.3) is 0 Å². The summed E-state index contributed by atoms with van der Waals surface area (Å²) >= 11 is 0. The molecular weight excluding hydrogens is 120 g/mol. The summed E-state index contributed by atoms with van der Waals surface area (Å²) in [5.41, 5.74) is 1.38. The molecule has 0 aromatic heterocycles. The molecule has 0 heterocycles.